The summed E-state index contributed by atoms with van der Waals surface area (Å²) in [6.45, 7) is 1.46. The minimum atomic E-state index is -1.01. The standard InChI is InChI=1S/C15H17NO3.Na/c17-14(18)11-16-9-7-15(8-10-16)6-5-12-3-1-2-4-13(12)19-15;/h1-6H,7-11H2,(H,17,18);/q;+1/p-1. The molecule has 0 bridgehead atoms. The number of carboxylic acid groups (broad SMARTS) is 1. The third-order valence-electron chi connectivity index (χ3n) is 3.85. The summed E-state index contributed by atoms with van der Waals surface area (Å²) in [7, 11) is 0. The Morgan fingerprint density at radius 2 is 2.00 bits per heavy atom. The maximum atomic E-state index is 10.6. The Morgan fingerprint density at radius 3 is 2.70 bits per heavy atom. The zero-order valence-electron chi connectivity index (χ0n) is 11.7. The number of carbonyl (C=O) groups is 1. The van der Waals surface area contributed by atoms with E-state index in [1.54, 1.807) is 0 Å². The van der Waals surface area contributed by atoms with Gasteiger partial charge in [-0.2, -0.15) is 0 Å². The maximum Gasteiger partial charge on any atom is 1.00 e. The summed E-state index contributed by atoms with van der Waals surface area (Å²) >= 11 is 0. The van der Waals surface area contributed by atoms with Crippen LogP contribution in [-0.2, 0) is 4.79 Å². The summed E-state index contributed by atoms with van der Waals surface area (Å²) in [5, 5.41) is 10.6. The molecule has 0 amide bonds. The van der Waals surface area contributed by atoms with Gasteiger partial charge in [-0.15, -0.1) is 0 Å². The van der Waals surface area contributed by atoms with Crippen LogP contribution < -0.4 is 39.4 Å². The SMILES string of the molecule is O=C([O-])CN1CCC2(C=Cc3ccccc3O2)CC1.[Na+]. The number of nitrogens with zero attached hydrogens (tertiary/aromatic N) is 1. The summed E-state index contributed by atoms with van der Waals surface area (Å²) < 4.78 is 6.14. The molecule has 1 aromatic carbocycles. The van der Waals surface area contributed by atoms with Gasteiger partial charge >= 0.3 is 29.6 Å². The molecular weight excluding hydrogens is 265 g/mol. The van der Waals surface area contributed by atoms with Crippen LogP contribution in [0, 0.1) is 0 Å². The quantitative estimate of drug-likeness (QED) is 0.571. The molecule has 0 saturated carbocycles. The average molecular weight is 281 g/mol. The minimum absolute atomic E-state index is 0. The number of hydrogen-bond donors (Lipinski definition) is 0. The molecule has 0 atom stereocenters. The van der Waals surface area contributed by atoms with Crippen LogP contribution in [0.25, 0.3) is 6.08 Å². The molecule has 0 N–H and O–H groups in total. The Balaban J connectivity index is 0.00000147. The van der Waals surface area contributed by atoms with E-state index >= 15 is 0 Å². The maximum absolute atomic E-state index is 10.6. The summed E-state index contributed by atoms with van der Waals surface area (Å²) in [4.78, 5) is 12.5. The predicted octanol–water partition coefficient (Wildman–Crippen LogP) is -2.32. The number of ether oxygens (including phenoxy) is 1. The summed E-state index contributed by atoms with van der Waals surface area (Å²) in [6, 6.07) is 7.97. The van der Waals surface area contributed by atoms with Crippen LogP contribution in [0.5, 0.6) is 5.75 Å². The van der Waals surface area contributed by atoms with Crippen molar-refractivity contribution < 1.29 is 44.2 Å². The molecule has 2 aliphatic rings. The van der Waals surface area contributed by atoms with Crippen LogP contribution in [0.2, 0.25) is 0 Å². The molecule has 1 fully saturated rings. The molecule has 3 rings (SSSR count). The number of benzene rings is 1. The molecule has 0 aromatic heterocycles. The van der Waals surface area contributed by atoms with Crippen molar-refractivity contribution in [2.75, 3.05) is 19.6 Å². The third-order valence-corrected chi connectivity index (χ3v) is 3.85. The average Bonchev–Trinajstić information content (AvgIpc) is 2.41. The summed E-state index contributed by atoms with van der Waals surface area (Å²) in [6.07, 6.45) is 5.84. The minimum Gasteiger partial charge on any atom is -0.549 e. The van der Waals surface area contributed by atoms with Crippen LogP contribution in [0.1, 0.15) is 18.4 Å². The zero-order valence-corrected chi connectivity index (χ0v) is 13.7. The van der Waals surface area contributed by atoms with Crippen molar-refractivity contribution >= 4 is 12.0 Å². The number of likely N-dealkylation sites (tertiary alicyclic amines) is 1. The number of fused-ring (bicyclic) bond motifs is 1. The smallest absolute Gasteiger partial charge is 0.549 e. The first-order chi connectivity index (χ1) is 9.17. The normalized spacial score (nSPS) is 19.8. The van der Waals surface area contributed by atoms with E-state index in [4.69, 9.17) is 4.74 Å². The fourth-order valence-corrected chi connectivity index (χ4v) is 2.75. The van der Waals surface area contributed by atoms with E-state index in [1.807, 2.05) is 29.2 Å². The summed E-state index contributed by atoms with van der Waals surface area (Å²) in [5.41, 5.74) is 0.835. The molecule has 1 spiro atoms. The first kappa shape index (κ1) is 15.6. The Labute approximate surface area is 140 Å². The molecule has 0 unspecified atom stereocenters. The fraction of sp³-hybridized carbons (Fsp3) is 0.400. The van der Waals surface area contributed by atoms with E-state index in [0.717, 1.165) is 37.2 Å². The van der Waals surface area contributed by atoms with Gasteiger partial charge in [0.2, 0.25) is 0 Å². The number of aliphatic carboxylic acids is 1. The number of carboxylic acids is 1. The molecule has 0 radical (unpaired) electrons. The molecule has 4 nitrogen and oxygen atoms in total. The molecule has 100 valence electrons. The fourth-order valence-electron chi connectivity index (χ4n) is 2.75. The monoisotopic (exact) mass is 281 g/mol. The van der Waals surface area contributed by atoms with E-state index in [9.17, 15) is 9.90 Å². The van der Waals surface area contributed by atoms with Crippen molar-refractivity contribution in [3.05, 3.63) is 35.9 Å². The van der Waals surface area contributed by atoms with Gasteiger partial charge in [0.15, 0.2) is 0 Å². The van der Waals surface area contributed by atoms with Crippen molar-refractivity contribution in [2.24, 2.45) is 0 Å². The second kappa shape index (κ2) is 6.31. The second-order valence-electron chi connectivity index (χ2n) is 5.19. The van der Waals surface area contributed by atoms with Gasteiger partial charge in [-0.3, -0.25) is 4.90 Å². The van der Waals surface area contributed by atoms with Crippen LogP contribution >= 0.6 is 0 Å². The first-order valence-electron chi connectivity index (χ1n) is 6.56. The van der Waals surface area contributed by atoms with Gasteiger partial charge in [0.1, 0.15) is 11.4 Å². The van der Waals surface area contributed by atoms with Crippen molar-refractivity contribution in [3.8, 4) is 5.75 Å². The number of carbonyl (C=O) groups excluding carboxylic acids is 1. The van der Waals surface area contributed by atoms with Crippen molar-refractivity contribution in [2.45, 2.75) is 18.4 Å². The van der Waals surface area contributed by atoms with Gasteiger partial charge in [0.05, 0.1) is 5.97 Å². The van der Waals surface area contributed by atoms with Crippen LogP contribution in [0.3, 0.4) is 0 Å². The van der Waals surface area contributed by atoms with E-state index in [-0.39, 0.29) is 41.7 Å². The van der Waals surface area contributed by atoms with Gasteiger partial charge in [-0.25, -0.2) is 0 Å². The van der Waals surface area contributed by atoms with Crippen LogP contribution in [0.15, 0.2) is 30.3 Å². The third kappa shape index (κ3) is 3.26. The van der Waals surface area contributed by atoms with Crippen molar-refractivity contribution in [1.29, 1.82) is 0 Å². The van der Waals surface area contributed by atoms with Crippen LogP contribution in [-0.4, -0.2) is 36.1 Å². The Bertz CT molecular complexity index is 522. The molecule has 1 saturated heterocycles. The van der Waals surface area contributed by atoms with Gasteiger partial charge in [0.25, 0.3) is 0 Å². The van der Waals surface area contributed by atoms with E-state index in [2.05, 4.69) is 12.2 Å². The van der Waals surface area contributed by atoms with E-state index < -0.39 is 5.97 Å². The number of para-hydroxylation sites is 1. The molecule has 20 heavy (non-hydrogen) atoms. The topological polar surface area (TPSA) is 52.6 Å². The van der Waals surface area contributed by atoms with E-state index in [1.165, 1.54) is 0 Å². The van der Waals surface area contributed by atoms with E-state index in [0.29, 0.717) is 0 Å². The number of rotatable bonds is 2. The van der Waals surface area contributed by atoms with Crippen LogP contribution in [0.4, 0.5) is 0 Å². The molecule has 2 heterocycles. The Kier molecular flexibility index (Phi) is 4.91. The molecule has 1 aromatic rings. The largest absolute Gasteiger partial charge is 1.00 e. The van der Waals surface area contributed by atoms with Gasteiger partial charge in [-0.05, 0) is 12.1 Å². The zero-order chi connectivity index (χ0) is 13.3. The number of piperidine rings is 1. The second-order valence-corrected chi connectivity index (χ2v) is 5.19. The molecule has 0 aliphatic carbocycles. The first-order valence-corrected chi connectivity index (χ1v) is 6.56. The Hall–Kier alpha value is -0.810. The Morgan fingerprint density at radius 1 is 1.30 bits per heavy atom. The van der Waals surface area contributed by atoms with Gasteiger partial charge in [-0.1, -0.05) is 24.3 Å². The molecular formula is C15H16NNaO3. The molecule has 2 aliphatic heterocycles. The molecule has 5 heteroatoms. The van der Waals surface area contributed by atoms with Gasteiger partial charge in [0, 0.05) is 38.0 Å². The predicted molar refractivity (Wildman–Crippen MR) is 69.5 cm³/mol. The van der Waals surface area contributed by atoms with Gasteiger partial charge < -0.3 is 14.6 Å². The number of hydrogen-bond acceptors (Lipinski definition) is 4. The van der Waals surface area contributed by atoms with Crippen molar-refractivity contribution in [1.82, 2.24) is 4.90 Å². The summed E-state index contributed by atoms with van der Waals surface area (Å²) in [5.74, 6) is -0.0975. The van der Waals surface area contributed by atoms with Crippen molar-refractivity contribution in [3.63, 3.8) is 0 Å².